The van der Waals surface area contributed by atoms with Gasteiger partial charge in [-0.2, -0.15) is 5.10 Å². The third kappa shape index (κ3) is 3.37. The van der Waals surface area contributed by atoms with Gasteiger partial charge in [0.2, 0.25) is 0 Å². The van der Waals surface area contributed by atoms with Gasteiger partial charge in [-0.1, -0.05) is 54.1 Å². The fraction of sp³-hybridized carbons (Fsp3) is 0.0526. The molecule has 0 aliphatic heterocycles. The first-order valence-corrected chi connectivity index (χ1v) is 7.25. The van der Waals surface area contributed by atoms with Crippen molar-refractivity contribution < 1.29 is 9.90 Å². The van der Waals surface area contributed by atoms with Gasteiger partial charge >= 0.3 is 0 Å². The summed E-state index contributed by atoms with van der Waals surface area (Å²) < 4.78 is 0. The Morgan fingerprint density at radius 3 is 2.39 bits per heavy atom. The maximum atomic E-state index is 12.2. The number of hydrazone groups is 1. The zero-order valence-electron chi connectivity index (χ0n) is 12.7. The Hall–Kier alpha value is -3.14. The summed E-state index contributed by atoms with van der Waals surface area (Å²) in [5, 5.41) is 15.7. The molecule has 0 radical (unpaired) electrons. The predicted octanol–water partition coefficient (Wildman–Crippen LogP) is 3.62. The topological polar surface area (TPSA) is 61.7 Å². The number of hydrogen-bond acceptors (Lipinski definition) is 3. The van der Waals surface area contributed by atoms with Crippen LogP contribution in [0.4, 0.5) is 0 Å². The highest BCUT2D eigenvalue weighted by molar-refractivity contribution is 6.01. The Labute approximate surface area is 134 Å². The SMILES string of the molecule is Cc1ccc(C=NNC(=O)c2cc3ccccc3cc2O)cc1. The number of hydrogen-bond donors (Lipinski definition) is 2. The second-order valence-corrected chi connectivity index (χ2v) is 5.33. The lowest BCUT2D eigenvalue weighted by Gasteiger charge is -2.05. The molecule has 0 saturated heterocycles. The van der Waals surface area contributed by atoms with E-state index in [-0.39, 0.29) is 11.3 Å². The first-order chi connectivity index (χ1) is 11.1. The van der Waals surface area contributed by atoms with Crippen molar-refractivity contribution >= 4 is 22.9 Å². The largest absolute Gasteiger partial charge is 0.507 e. The summed E-state index contributed by atoms with van der Waals surface area (Å²) in [7, 11) is 0. The lowest BCUT2D eigenvalue weighted by Crippen LogP contribution is -2.17. The molecule has 0 spiro atoms. The minimum Gasteiger partial charge on any atom is -0.507 e. The van der Waals surface area contributed by atoms with Crippen molar-refractivity contribution in [1.29, 1.82) is 0 Å². The minimum absolute atomic E-state index is 0.0632. The van der Waals surface area contributed by atoms with Crippen molar-refractivity contribution in [3.63, 3.8) is 0 Å². The molecule has 0 aliphatic rings. The highest BCUT2D eigenvalue weighted by Gasteiger charge is 2.11. The first-order valence-electron chi connectivity index (χ1n) is 7.25. The molecule has 0 aromatic heterocycles. The molecule has 3 rings (SSSR count). The van der Waals surface area contributed by atoms with Gasteiger partial charge in [0, 0.05) is 0 Å². The quantitative estimate of drug-likeness (QED) is 0.573. The Morgan fingerprint density at radius 1 is 1.04 bits per heavy atom. The van der Waals surface area contributed by atoms with Gasteiger partial charge in [0.1, 0.15) is 5.75 Å². The number of carbonyl (C=O) groups is 1. The molecule has 4 nitrogen and oxygen atoms in total. The van der Waals surface area contributed by atoms with E-state index >= 15 is 0 Å². The summed E-state index contributed by atoms with van der Waals surface area (Å²) in [4.78, 5) is 12.2. The second-order valence-electron chi connectivity index (χ2n) is 5.33. The van der Waals surface area contributed by atoms with Gasteiger partial charge in [-0.3, -0.25) is 4.79 Å². The summed E-state index contributed by atoms with van der Waals surface area (Å²) in [5.74, 6) is -0.511. The number of carbonyl (C=O) groups excluding carboxylic acids is 1. The van der Waals surface area contributed by atoms with Crippen LogP contribution in [-0.2, 0) is 0 Å². The summed E-state index contributed by atoms with van der Waals surface area (Å²) in [6.45, 7) is 2.01. The second kappa shape index (κ2) is 6.32. The fourth-order valence-electron chi connectivity index (χ4n) is 2.29. The van der Waals surface area contributed by atoms with E-state index in [0.29, 0.717) is 0 Å². The number of phenolic OH excluding ortho intramolecular Hbond substituents is 1. The highest BCUT2D eigenvalue weighted by atomic mass is 16.3. The average molecular weight is 304 g/mol. The number of rotatable bonds is 3. The number of aryl methyl sites for hydroxylation is 1. The van der Waals surface area contributed by atoms with E-state index in [1.54, 1.807) is 18.3 Å². The third-order valence-electron chi connectivity index (χ3n) is 3.57. The molecule has 2 N–H and O–H groups in total. The van der Waals surface area contributed by atoms with Crippen LogP contribution >= 0.6 is 0 Å². The van der Waals surface area contributed by atoms with E-state index < -0.39 is 5.91 Å². The van der Waals surface area contributed by atoms with Crippen molar-refractivity contribution in [2.75, 3.05) is 0 Å². The molecule has 0 fully saturated rings. The van der Waals surface area contributed by atoms with Crippen LogP contribution in [0.25, 0.3) is 10.8 Å². The van der Waals surface area contributed by atoms with Crippen molar-refractivity contribution in [2.45, 2.75) is 6.92 Å². The van der Waals surface area contributed by atoms with Crippen molar-refractivity contribution in [3.05, 3.63) is 77.4 Å². The van der Waals surface area contributed by atoms with Crippen molar-refractivity contribution in [2.24, 2.45) is 5.10 Å². The third-order valence-corrected chi connectivity index (χ3v) is 3.57. The smallest absolute Gasteiger partial charge is 0.275 e. The molecule has 0 atom stereocenters. The molecule has 0 unspecified atom stereocenters. The molecule has 0 aliphatic carbocycles. The molecule has 4 heteroatoms. The number of nitrogens with one attached hydrogen (secondary N) is 1. The van der Waals surface area contributed by atoms with Crippen molar-refractivity contribution in [1.82, 2.24) is 5.43 Å². The zero-order chi connectivity index (χ0) is 16.2. The zero-order valence-corrected chi connectivity index (χ0v) is 12.7. The Morgan fingerprint density at radius 2 is 1.70 bits per heavy atom. The van der Waals surface area contributed by atoms with E-state index in [9.17, 15) is 9.90 Å². The van der Waals surface area contributed by atoms with Crippen LogP contribution in [0.1, 0.15) is 21.5 Å². The summed E-state index contributed by atoms with van der Waals surface area (Å²) in [6, 6.07) is 18.5. The van der Waals surface area contributed by atoms with Gasteiger partial charge in [0.25, 0.3) is 5.91 Å². The molecule has 3 aromatic rings. The number of benzene rings is 3. The molecule has 0 heterocycles. The van der Waals surface area contributed by atoms with Crippen LogP contribution in [-0.4, -0.2) is 17.2 Å². The van der Waals surface area contributed by atoms with E-state index in [2.05, 4.69) is 10.5 Å². The fourth-order valence-corrected chi connectivity index (χ4v) is 2.29. The van der Waals surface area contributed by atoms with E-state index in [4.69, 9.17) is 0 Å². The van der Waals surface area contributed by atoms with Crippen LogP contribution in [0.2, 0.25) is 0 Å². The molecular formula is C19H16N2O2. The summed E-state index contributed by atoms with van der Waals surface area (Å²) >= 11 is 0. The summed E-state index contributed by atoms with van der Waals surface area (Å²) in [5.41, 5.74) is 4.68. The average Bonchev–Trinajstić information content (AvgIpc) is 2.56. The van der Waals surface area contributed by atoms with E-state index in [1.165, 1.54) is 0 Å². The first kappa shape index (κ1) is 14.8. The molecule has 0 saturated carbocycles. The number of fused-ring (bicyclic) bond motifs is 1. The number of nitrogens with zero attached hydrogens (tertiary/aromatic N) is 1. The molecular weight excluding hydrogens is 288 g/mol. The standard InChI is InChI=1S/C19H16N2O2/c1-13-6-8-14(9-7-13)12-20-21-19(23)17-10-15-4-2-3-5-16(15)11-18(17)22/h2-12,22H,1H3,(H,21,23). The molecule has 0 bridgehead atoms. The van der Waals surface area contributed by atoms with Crippen LogP contribution in [0.5, 0.6) is 5.75 Å². The number of phenols is 1. The molecule has 23 heavy (non-hydrogen) atoms. The van der Waals surface area contributed by atoms with Crippen LogP contribution in [0.3, 0.4) is 0 Å². The Kier molecular flexibility index (Phi) is 4.06. The van der Waals surface area contributed by atoms with Gasteiger partial charge in [-0.15, -0.1) is 0 Å². The van der Waals surface area contributed by atoms with E-state index in [1.807, 2.05) is 55.5 Å². The lowest BCUT2D eigenvalue weighted by atomic mass is 10.1. The van der Waals surface area contributed by atoms with Gasteiger partial charge in [0.05, 0.1) is 11.8 Å². The molecule has 3 aromatic carbocycles. The van der Waals surface area contributed by atoms with Gasteiger partial charge in [-0.05, 0) is 35.4 Å². The highest BCUT2D eigenvalue weighted by Crippen LogP contribution is 2.24. The lowest BCUT2D eigenvalue weighted by molar-refractivity contribution is 0.0952. The Balaban J connectivity index is 1.78. The number of aromatic hydroxyl groups is 1. The molecule has 114 valence electrons. The Bertz CT molecular complexity index is 884. The van der Waals surface area contributed by atoms with Gasteiger partial charge in [-0.25, -0.2) is 5.43 Å². The monoisotopic (exact) mass is 304 g/mol. The maximum absolute atomic E-state index is 12.2. The normalized spacial score (nSPS) is 11.0. The number of amides is 1. The molecule has 1 amide bonds. The van der Waals surface area contributed by atoms with Crippen LogP contribution in [0, 0.1) is 6.92 Å². The minimum atomic E-state index is -0.448. The van der Waals surface area contributed by atoms with Gasteiger partial charge < -0.3 is 5.11 Å². The summed E-state index contributed by atoms with van der Waals surface area (Å²) in [6.07, 6.45) is 1.56. The van der Waals surface area contributed by atoms with Crippen LogP contribution < -0.4 is 5.43 Å². The van der Waals surface area contributed by atoms with E-state index in [0.717, 1.165) is 21.9 Å². The van der Waals surface area contributed by atoms with Gasteiger partial charge in [0.15, 0.2) is 0 Å². The van der Waals surface area contributed by atoms with Crippen molar-refractivity contribution in [3.8, 4) is 5.75 Å². The maximum Gasteiger partial charge on any atom is 0.275 e. The predicted molar refractivity (Wildman–Crippen MR) is 91.9 cm³/mol. The van der Waals surface area contributed by atoms with Crippen LogP contribution in [0.15, 0.2) is 65.8 Å².